The van der Waals surface area contributed by atoms with Gasteiger partial charge in [-0.3, -0.25) is 4.68 Å². The summed E-state index contributed by atoms with van der Waals surface area (Å²) in [5, 5.41) is 10.1. The van der Waals surface area contributed by atoms with E-state index in [0.717, 1.165) is 0 Å². The molecular formula is C15H20ClN5O2. The van der Waals surface area contributed by atoms with Crippen molar-refractivity contribution in [2.75, 3.05) is 6.54 Å². The molecule has 0 bridgehead atoms. The Balaban J connectivity index is 1.70. The average Bonchev–Trinajstić information content (AvgIpc) is 3.00. The first kappa shape index (κ1) is 17.1. The first-order valence-corrected chi connectivity index (χ1v) is 7.70. The minimum absolute atomic E-state index is 0.0727. The Bertz CT molecular complexity index is 620. The van der Waals surface area contributed by atoms with Gasteiger partial charge in [-0.1, -0.05) is 23.7 Å². The van der Waals surface area contributed by atoms with Crippen molar-refractivity contribution in [2.24, 2.45) is 0 Å². The van der Waals surface area contributed by atoms with Gasteiger partial charge in [0.15, 0.2) is 0 Å². The maximum atomic E-state index is 11.9. The fourth-order valence-corrected chi connectivity index (χ4v) is 2.14. The molecule has 1 aromatic carbocycles. The summed E-state index contributed by atoms with van der Waals surface area (Å²) >= 11 is 6.03. The Morgan fingerprint density at radius 2 is 2.17 bits per heavy atom. The number of urea groups is 1. The number of amides is 2. The van der Waals surface area contributed by atoms with E-state index in [9.17, 15) is 4.79 Å². The molecule has 0 fully saturated rings. The maximum Gasteiger partial charge on any atom is 0.315 e. The molecule has 0 unspecified atom stereocenters. The summed E-state index contributed by atoms with van der Waals surface area (Å²) in [6.45, 7) is 4.68. The van der Waals surface area contributed by atoms with Gasteiger partial charge >= 0.3 is 6.03 Å². The van der Waals surface area contributed by atoms with Crippen LogP contribution in [-0.2, 0) is 6.54 Å². The standard InChI is InChI=1S/C15H20ClN5O2/c1-11(8-21-10-17-9-19-21)20-15(22)18-7-12(2)23-14-6-4-3-5-13(14)16/h3-6,9-12H,7-8H2,1-2H3,(H2,18,20,22)/t11-,12-/m0/s1. The number of aromatic nitrogens is 3. The van der Waals surface area contributed by atoms with Crippen LogP contribution in [0.25, 0.3) is 0 Å². The Labute approximate surface area is 140 Å². The number of benzene rings is 1. The minimum Gasteiger partial charge on any atom is -0.487 e. The average molecular weight is 338 g/mol. The van der Waals surface area contributed by atoms with Crippen molar-refractivity contribution in [2.45, 2.75) is 32.5 Å². The summed E-state index contributed by atoms with van der Waals surface area (Å²) in [6.07, 6.45) is 2.86. The van der Waals surface area contributed by atoms with Crippen LogP contribution in [0.4, 0.5) is 4.79 Å². The Hall–Kier alpha value is -2.28. The van der Waals surface area contributed by atoms with E-state index in [1.807, 2.05) is 26.0 Å². The molecule has 1 heterocycles. The van der Waals surface area contributed by atoms with Crippen LogP contribution in [0.2, 0.25) is 5.02 Å². The predicted molar refractivity (Wildman–Crippen MR) is 87.6 cm³/mol. The number of nitrogens with one attached hydrogen (secondary N) is 2. The number of para-hydroxylation sites is 1. The molecular weight excluding hydrogens is 318 g/mol. The minimum atomic E-state index is -0.257. The van der Waals surface area contributed by atoms with Gasteiger partial charge in [0.25, 0.3) is 0 Å². The number of carbonyl (C=O) groups is 1. The second-order valence-corrected chi connectivity index (χ2v) is 5.64. The van der Waals surface area contributed by atoms with Gasteiger partial charge in [-0.25, -0.2) is 9.78 Å². The van der Waals surface area contributed by atoms with Crippen LogP contribution in [0.15, 0.2) is 36.9 Å². The zero-order valence-electron chi connectivity index (χ0n) is 13.1. The van der Waals surface area contributed by atoms with E-state index in [1.165, 1.54) is 6.33 Å². The monoisotopic (exact) mass is 337 g/mol. The van der Waals surface area contributed by atoms with Crippen LogP contribution in [0.1, 0.15) is 13.8 Å². The fraction of sp³-hybridized carbons (Fsp3) is 0.400. The molecule has 0 aliphatic heterocycles. The highest BCUT2D eigenvalue weighted by Crippen LogP contribution is 2.23. The van der Waals surface area contributed by atoms with E-state index in [2.05, 4.69) is 20.7 Å². The number of hydrogen-bond acceptors (Lipinski definition) is 4. The second kappa shape index (κ2) is 8.38. The Morgan fingerprint density at radius 3 is 2.87 bits per heavy atom. The van der Waals surface area contributed by atoms with Crippen molar-refractivity contribution in [1.29, 1.82) is 0 Å². The van der Waals surface area contributed by atoms with Crippen molar-refractivity contribution in [1.82, 2.24) is 25.4 Å². The quantitative estimate of drug-likeness (QED) is 0.810. The third-order valence-corrected chi connectivity index (χ3v) is 3.33. The highest BCUT2D eigenvalue weighted by molar-refractivity contribution is 6.32. The number of halogens is 1. The molecule has 7 nitrogen and oxygen atoms in total. The van der Waals surface area contributed by atoms with Crippen LogP contribution in [-0.4, -0.2) is 39.5 Å². The molecule has 8 heteroatoms. The van der Waals surface area contributed by atoms with E-state index in [0.29, 0.717) is 23.9 Å². The van der Waals surface area contributed by atoms with Crippen LogP contribution in [0.5, 0.6) is 5.75 Å². The van der Waals surface area contributed by atoms with Gasteiger partial charge in [-0.05, 0) is 26.0 Å². The van der Waals surface area contributed by atoms with E-state index in [1.54, 1.807) is 23.1 Å². The molecule has 2 rings (SSSR count). The summed E-state index contributed by atoms with van der Waals surface area (Å²) in [5.41, 5.74) is 0. The molecule has 2 amide bonds. The van der Waals surface area contributed by atoms with Crippen LogP contribution < -0.4 is 15.4 Å². The van der Waals surface area contributed by atoms with Crippen LogP contribution in [0, 0.1) is 0 Å². The number of carbonyl (C=O) groups excluding carboxylic acids is 1. The van der Waals surface area contributed by atoms with Crippen molar-refractivity contribution in [3.05, 3.63) is 41.9 Å². The summed E-state index contributed by atoms with van der Waals surface area (Å²) in [5.74, 6) is 0.600. The third-order valence-electron chi connectivity index (χ3n) is 3.02. The Morgan fingerprint density at radius 1 is 1.39 bits per heavy atom. The molecule has 0 spiro atoms. The Kier molecular flexibility index (Phi) is 6.22. The molecule has 0 saturated carbocycles. The molecule has 0 radical (unpaired) electrons. The SMILES string of the molecule is C[C@@H](Cn1cncn1)NC(=O)NC[C@H](C)Oc1ccccc1Cl. The molecule has 0 aliphatic carbocycles. The largest absolute Gasteiger partial charge is 0.487 e. The first-order chi connectivity index (χ1) is 11.0. The third kappa shape index (κ3) is 5.78. The number of ether oxygens (including phenoxy) is 1. The fourth-order valence-electron chi connectivity index (χ4n) is 1.96. The number of hydrogen-bond donors (Lipinski definition) is 2. The molecule has 2 N–H and O–H groups in total. The zero-order valence-corrected chi connectivity index (χ0v) is 13.8. The lowest BCUT2D eigenvalue weighted by molar-refractivity contribution is 0.206. The first-order valence-electron chi connectivity index (χ1n) is 7.32. The molecule has 23 heavy (non-hydrogen) atoms. The summed E-state index contributed by atoms with van der Waals surface area (Å²) in [4.78, 5) is 15.7. The smallest absolute Gasteiger partial charge is 0.315 e. The van der Waals surface area contributed by atoms with Gasteiger partial charge in [0, 0.05) is 6.04 Å². The van der Waals surface area contributed by atoms with E-state index in [-0.39, 0.29) is 18.2 Å². The van der Waals surface area contributed by atoms with Crippen molar-refractivity contribution in [3.8, 4) is 5.75 Å². The summed E-state index contributed by atoms with van der Waals surface area (Å²) in [7, 11) is 0. The number of rotatable bonds is 7. The highest BCUT2D eigenvalue weighted by Gasteiger charge is 2.11. The molecule has 0 aliphatic rings. The lowest BCUT2D eigenvalue weighted by Crippen LogP contribution is -2.45. The van der Waals surface area contributed by atoms with Gasteiger partial charge < -0.3 is 15.4 Å². The van der Waals surface area contributed by atoms with Crippen LogP contribution in [0.3, 0.4) is 0 Å². The van der Waals surface area contributed by atoms with Crippen LogP contribution >= 0.6 is 11.6 Å². The van der Waals surface area contributed by atoms with Gasteiger partial charge in [-0.2, -0.15) is 5.10 Å². The van der Waals surface area contributed by atoms with Crippen molar-refractivity contribution >= 4 is 17.6 Å². The van der Waals surface area contributed by atoms with Gasteiger partial charge in [0.1, 0.15) is 24.5 Å². The molecule has 124 valence electrons. The van der Waals surface area contributed by atoms with Crippen molar-refractivity contribution < 1.29 is 9.53 Å². The van der Waals surface area contributed by atoms with Gasteiger partial charge in [-0.15, -0.1) is 0 Å². The molecule has 2 aromatic rings. The summed E-state index contributed by atoms with van der Waals surface area (Å²) < 4.78 is 7.35. The molecule has 0 saturated heterocycles. The van der Waals surface area contributed by atoms with Gasteiger partial charge in [0.2, 0.25) is 0 Å². The maximum absolute atomic E-state index is 11.9. The zero-order chi connectivity index (χ0) is 16.7. The van der Waals surface area contributed by atoms with Gasteiger partial charge in [0.05, 0.1) is 18.1 Å². The summed E-state index contributed by atoms with van der Waals surface area (Å²) in [6, 6.07) is 6.90. The van der Waals surface area contributed by atoms with E-state index >= 15 is 0 Å². The topological polar surface area (TPSA) is 81.1 Å². The van der Waals surface area contributed by atoms with Crippen molar-refractivity contribution in [3.63, 3.8) is 0 Å². The number of nitrogens with zero attached hydrogens (tertiary/aromatic N) is 3. The lowest BCUT2D eigenvalue weighted by atomic mass is 10.3. The normalized spacial score (nSPS) is 13.2. The second-order valence-electron chi connectivity index (χ2n) is 5.23. The molecule has 1 aromatic heterocycles. The van der Waals surface area contributed by atoms with E-state index in [4.69, 9.17) is 16.3 Å². The predicted octanol–water partition coefficient (Wildman–Crippen LogP) is 2.09. The molecule has 2 atom stereocenters. The lowest BCUT2D eigenvalue weighted by Gasteiger charge is -2.18. The highest BCUT2D eigenvalue weighted by atomic mass is 35.5. The van der Waals surface area contributed by atoms with E-state index < -0.39 is 0 Å².